The van der Waals surface area contributed by atoms with Crippen molar-refractivity contribution in [1.29, 1.82) is 0 Å². The molecule has 126 valence electrons. The van der Waals surface area contributed by atoms with Gasteiger partial charge in [-0.2, -0.15) is 0 Å². The Bertz CT molecular complexity index is 910. The van der Waals surface area contributed by atoms with Crippen molar-refractivity contribution in [2.24, 2.45) is 0 Å². The minimum absolute atomic E-state index is 0.302. The number of nitrogens with one attached hydrogen (secondary N) is 1. The van der Waals surface area contributed by atoms with E-state index in [-0.39, 0.29) is 5.82 Å². The molecule has 2 aromatic carbocycles. The van der Waals surface area contributed by atoms with Gasteiger partial charge in [0.2, 0.25) is 0 Å². The Hall–Kier alpha value is -2.95. The van der Waals surface area contributed by atoms with E-state index in [4.69, 9.17) is 0 Å². The van der Waals surface area contributed by atoms with Gasteiger partial charge in [0.25, 0.3) is 0 Å². The molecule has 3 aromatic rings. The molecule has 0 bridgehead atoms. The van der Waals surface area contributed by atoms with Crippen LogP contribution in [0.2, 0.25) is 0 Å². The van der Waals surface area contributed by atoms with Crippen LogP contribution in [0.5, 0.6) is 0 Å². The minimum Gasteiger partial charge on any atom is -0.338 e. The molecule has 0 aliphatic carbocycles. The molecule has 0 fully saturated rings. The van der Waals surface area contributed by atoms with Gasteiger partial charge in [0, 0.05) is 18.3 Å². The summed E-state index contributed by atoms with van der Waals surface area (Å²) in [6, 6.07) is 16.9. The second-order valence-electron chi connectivity index (χ2n) is 6.15. The van der Waals surface area contributed by atoms with E-state index < -0.39 is 0 Å². The number of aromatic nitrogens is 2. The molecule has 0 saturated carbocycles. The number of hydrogen-bond donors (Lipinski definition) is 1. The normalized spacial score (nSPS) is 13.4. The molecule has 1 N–H and O–H groups in total. The highest BCUT2D eigenvalue weighted by atomic mass is 19.1. The van der Waals surface area contributed by atoms with Gasteiger partial charge in [0.05, 0.1) is 5.69 Å². The lowest BCUT2D eigenvalue weighted by Gasteiger charge is -2.30. The average molecular weight is 334 g/mol. The third kappa shape index (κ3) is 3.18. The third-order valence-electron chi connectivity index (χ3n) is 4.35. The van der Waals surface area contributed by atoms with Gasteiger partial charge in [-0.3, -0.25) is 0 Å². The van der Waals surface area contributed by atoms with Crippen LogP contribution in [0, 0.1) is 12.7 Å². The van der Waals surface area contributed by atoms with E-state index in [2.05, 4.69) is 38.4 Å². The monoisotopic (exact) mass is 334 g/mol. The zero-order valence-corrected chi connectivity index (χ0v) is 14.0. The van der Waals surface area contributed by atoms with Crippen molar-refractivity contribution in [1.82, 2.24) is 9.97 Å². The number of fused-ring (bicyclic) bond motifs is 1. The maximum absolute atomic E-state index is 13.9. The minimum atomic E-state index is -0.302. The lowest BCUT2D eigenvalue weighted by Crippen LogP contribution is -2.25. The highest BCUT2D eigenvalue weighted by Gasteiger charge is 2.19. The van der Waals surface area contributed by atoms with E-state index in [0.717, 1.165) is 25.2 Å². The van der Waals surface area contributed by atoms with Crippen LogP contribution in [0.15, 0.2) is 54.6 Å². The van der Waals surface area contributed by atoms with E-state index in [1.54, 1.807) is 18.2 Å². The van der Waals surface area contributed by atoms with Crippen molar-refractivity contribution >= 4 is 23.0 Å². The van der Waals surface area contributed by atoms with Gasteiger partial charge < -0.3 is 10.2 Å². The van der Waals surface area contributed by atoms with Gasteiger partial charge in [-0.15, -0.1) is 0 Å². The summed E-state index contributed by atoms with van der Waals surface area (Å²) >= 11 is 0. The fourth-order valence-electron chi connectivity index (χ4n) is 3.23. The number of benzene rings is 2. The third-order valence-corrected chi connectivity index (χ3v) is 4.35. The maximum Gasteiger partial charge on any atom is 0.146 e. The Morgan fingerprint density at radius 2 is 1.84 bits per heavy atom. The predicted octanol–water partition coefficient (Wildman–Crippen LogP) is 4.75. The van der Waals surface area contributed by atoms with Crippen LogP contribution < -0.4 is 10.2 Å². The quantitative estimate of drug-likeness (QED) is 0.750. The molecule has 4 rings (SSSR count). The van der Waals surface area contributed by atoms with Crippen molar-refractivity contribution in [2.45, 2.75) is 19.8 Å². The molecule has 5 heteroatoms. The Morgan fingerprint density at radius 1 is 1.04 bits per heavy atom. The first kappa shape index (κ1) is 15.6. The van der Waals surface area contributed by atoms with E-state index in [1.807, 2.05) is 19.1 Å². The smallest absolute Gasteiger partial charge is 0.146 e. The largest absolute Gasteiger partial charge is 0.338 e. The van der Waals surface area contributed by atoms with Crippen LogP contribution in [0.4, 0.5) is 27.4 Å². The number of anilines is 4. The van der Waals surface area contributed by atoms with E-state index in [1.165, 1.54) is 17.3 Å². The van der Waals surface area contributed by atoms with Crippen LogP contribution in [0.1, 0.15) is 17.8 Å². The summed E-state index contributed by atoms with van der Waals surface area (Å²) in [7, 11) is 0. The highest BCUT2D eigenvalue weighted by Crippen LogP contribution is 2.33. The fraction of sp³-hybridized carbons (Fsp3) is 0.200. The van der Waals surface area contributed by atoms with Crippen molar-refractivity contribution in [2.75, 3.05) is 16.8 Å². The van der Waals surface area contributed by atoms with Crippen LogP contribution in [-0.2, 0) is 6.42 Å². The Kier molecular flexibility index (Phi) is 4.06. The molecule has 0 spiro atoms. The van der Waals surface area contributed by atoms with Crippen LogP contribution in [0.25, 0.3) is 0 Å². The van der Waals surface area contributed by atoms with Crippen LogP contribution >= 0.6 is 0 Å². The van der Waals surface area contributed by atoms with Gasteiger partial charge in [-0.05, 0) is 43.5 Å². The Balaban J connectivity index is 1.70. The topological polar surface area (TPSA) is 41.1 Å². The summed E-state index contributed by atoms with van der Waals surface area (Å²) in [5.41, 5.74) is 2.92. The summed E-state index contributed by atoms with van der Waals surface area (Å²) in [5.74, 6) is 1.78. The molecule has 0 unspecified atom stereocenters. The molecule has 0 saturated heterocycles. The number of nitrogens with zero attached hydrogens (tertiary/aromatic N) is 3. The maximum atomic E-state index is 13.9. The van der Waals surface area contributed by atoms with Gasteiger partial charge in [-0.1, -0.05) is 30.3 Å². The highest BCUT2D eigenvalue weighted by molar-refractivity contribution is 5.68. The van der Waals surface area contributed by atoms with E-state index in [9.17, 15) is 4.39 Å². The summed E-state index contributed by atoms with van der Waals surface area (Å²) in [6.07, 6.45) is 2.16. The Labute approximate surface area is 146 Å². The van der Waals surface area contributed by atoms with Gasteiger partial charge >= 0.3 is 0 Å². The average Bonchev–Trinajstić information content (AvgIpc) is 2.63. The number of para-hydroxylation sites is 2. The number of halogens is 1. The van der Waals surface area contributed by atoms with Crippen LogP contribution in [0.3, 0.4) is 0 Å². The van der Waals surface area contributed by atoms with Crippen LogP contribution in [-0.4, -0.2) is 16.5 Å². The second-order valence-corrected chi connectivity index (χ2v) is 6.15. The number of hydrogen-bond acceptors (Lipinski definition) is 4. The molecule has 1 aliphatic rings. The molecule has 0 atom stereocenters. The zero-order valence-electron chi connectivity index (χ0n) is 14.0. The number of aryl methyl sites for hydroxylation is 2. The molecular formula is C20H19FN4. The van der Waals surface area contributed by atoms with Crippen molar-refractivity contribution in [3.05, 3.63) is 71.8 Å². The van der Waals surface area contributed by atoms with Crippen molar-refractivity contribution < 1.29 is 4.39 Å². The molecule has 2 heterocycles. The molecule has 0 amide bonds. The first-order valence-electron chi connectivity index (χ1n) is 8.43. The summed E-state index contributed by atoms with van der Waals surface area (Å²) in [4.78, 5) is 11.2. The lowest BCUT2D eigenvalue weighted by molar-refractivity contribution is 0.632. The number of rotatable bonds is 3. The van der Waals surface area contributed by atoms with Crippen molar-refractivity contribution in [3.63, 3.8) is 0 Å². The predicted molar refractivity (Wildman–Crippen MR) is 98.2 cm³/mol. The standard InChI is InChI=1S/C20H19FN4/c1-14-22-19(24-17-10-4-3-9-16(17)21)13-20(23-14)25-12-6-8-15-7-2-5-11-18(15)25/h2-5,7,9-11,13H,6,8,12H2,1H3,(H,22,23,24). The molecular weight excluding hydrogens is 315 g/mol. The fourth-order valence-corrected chi connectivity index (χ4v) is 3.23. The van der Waals surface area contributed by atoms with Crippen molar-refractivity contribution in [3.8, 4) is 0 Å². The lowest BCUT2D eigenvalue weighted by atomic mass is 10.0. The Morgan fingerprint density at radius 3 is 2.72 bits per heavy atom. The first-order valence-corrected chi connectivity index (χ1v) is 8.43. The molecule has 1 aromatic heterocycles. The van der Waals surface area contributed by atoms with Gasteiger partial charge in [-0.25, -0.2) is 14.4 Å². The van der Waals surface area contributed by atoms with Gasteiger partial charge in [0.15, 0.2) is 0 Å². The summed E-state index contributed by atoms with van der Waals surface area (Å²) in [6.45, 7) is 2.76. The van der Waals surface area contributed by atoms with E-state index >= 15 is 0 Å². The van der Waals surface area contributed by atoms with Gasteiger partial charge in [0.1, 0.15) is 23.3 Å². The molecule has 0 radical (unpaired) electrons. The first-order chi connectivity index (χ1) is 12.2. The molecule has 1 aliphatic heterocycles. The zero-order chi connectivity index (χ0) is 17.2. The SMILES string of the molecule is Cc1nc(Nc2ccccc2F)cc(N2CCCc3ccccc32)n1. The second kappa shape index (κ2) is 6.51. The van der Waals surface area contributed by atoms with E-state index in [0.29, 0.717) is 17.3 Å². The molecule has 25 heavy (non-hydrogen) atoms. The summed E-state index contributed by atoms with van der Waals surface area (Å²) < 4.78 is 13.9. The summed E-state index contributed by atoms with van der Waals surface area (Å²) in [5, 5.41) is 3.06. The molecule has 4 nitrogen and oxygen atoms in total.